The molecule has 112 valence electrons. The quantitative estimate of drug-likeness (QED) is 0.826. The minimum absolute atomic E-state index is 0. The first-order chi connectivity index (χ1) is 8.24. The van der Waals surface area contributed by atoms with Crippen molar-refractivity contribution in [3.8, 4) is 0 Å². The van der Waals surface area contributed by atoms with Crippen LogP contribution in [0.3, 0.4) is 0 Å². The van der Waals surface area contributed by atoms with E-state index < -0.39 is 0 Å². The van der Waals surface area contributed by atoms with Crippen molar-refractivity contribution in [3.05, 3.63) is 0 Å². The van der Waals surface area contributed by atoms with Gasteiger partial charge in [-0.15, -0.1) is 24.8 Å². The molecule has 19 heavy (non-hydrogen) atoms. The fourth-order valence-corrected chi connectivity index (χ4v) is 3.29. The number of amides is 1. The van der Waals surface area contributed by atoms with Crippen LogP contribution in [0.5, 0.6) is 0 Å². The van der Waals surface area contributed by atoms with E-state index in [9.17, 15) is 4.79 Å². The van der Waals surface area contributed by atoms with Gasteiger partial charge in [0.2, 0.25) is 5.91 Å². The number of likely N-dealkylation sites (tertiary alicyclic amines) is 1. The summed E-state index contributed by atoms with van der Waals surface area (Å²) in [6.45, 7) is 4.34. The lowest BCUT2D eigenvalue weighted by Crippen LogP contribution is -2.46. The highest BCUT2D eigenvalue weighted by molar-refractivity contribution is 5.85. The monoisotopic (exact) mass is 309 g/mol. The van der Waals surface area contributed by atoms with E-state index in [-0.39, 0.29) is 36.8 Å². The van der Waals surface area contributed by atoms with Crippen molar-refractivity contribution < 1.29 is 4.79 Å². The summed E-state index contributed by atoms with van der Waals surface area (Å²) in [4.78, 5) is 14.6. The zero-order valence-electron chi connectivity index (χ0n) is 11.4. The lowest BCUT2D eigenvalue weighted by Gasteiger charge is -2.20. The number of rotatable bonds is 3. The Morgan fingerprint density at radius 3 is 2.58 bits per heavy atom. The van der Waals surface area contributed by atoms with E-state index in [0.29, 0.717) is 12.1 Å². The molecule has 0 spiro atoms. The highest BCUT2D eigenvalue weighted by Gasteiger charge is 2.39. The average molecular weight is 310 g/mol. The summed E-state index contributed by atoms with van der Waals surface area (Å²) in [5, 5.41) is 6.48. The number of carbonyl (C=O) groups excluding carboxylic acids is 1. The van der Waals surface area contributed by atoms with Gasteiger partial charge in [0.15, 0.2) is 0 Å². The van der Waals surface area contributed by atoms with Crippen molar-refractivity contribution >= 4 is 30.7 Å². The summed E-state index contributed by atoms with van der Waals surface area (Å²) >= 11 is 0. The Hall–Kier alpha value is -0.0300. The number of carbonyl (C=O) groups is 1. The van der Waals surface area contributed by atoms with E-state index in [1.807, 2.05) is 0 Å². The van der Waals surface area contributed by atoms with Gasteiger partial charge in [-0.05, 0) is 45.6 Å². The normalized spacial score (nSPS) is 34.5. The largest absolute Gasteiger partial charge is 0.351 e. The van der Waals surface area contributed by atoms with Crippen molar-refractivity contribution in [1.29, 1.82) is 0 Å². The fourth-order valence-electron chi connectivity index (χ4n) is 3.29. The standard InChI is InChI=1S/C13H23N3O.2ClH/c1-9-7-10(8-16(9)11-4-5-11)15-13(17)12-3-2-6-14-12;;/h9-12,14H,2-8H2,1H3,(H,15,17);2*1H/t9?,10?,12-;;/m0../s1. The number of nitrogens with zero attached hydrogens (tertiary/aromatic N) is 1. The summed E-state index contributed by atoms with van der Waals surface area (Å²) in [6, 6.07) is 1.90. The molecule has 2 heterocycles. The van der Waals surface area contributed by atoms with Gasteiger partial charge in [-0.3, -0.25) is 9.69 Å². The van der Waals surface area contributed by atoms with Gasteiger partial charge in [-0.25, -0.2) is 0 Å². The Labute approximate surface area is 127 Å². The molecule has 4 nitrogen and oxygen atoms in total. The van der Waals surface area contributed by atoms with Gasteiger partial charge in [0.05, 0.1) is 6.04 Å². The van der Waals surface area contributed by atoms with Crippen LogP contribution in [0.2, 0.25) is 0 Å². The molecule has 0 bridgehead atoms. The summed E-state index contributed by atoms with van der Waals surface area (Å²) < 4.78 is 0. The molecule has 2 saturated heterocycles. The summed E-state index contributed by atoms with van der Waals surface area (Å²) in [7, 11) is 0. The van der Waals surface area contributed by atoms with Gasteiger partial charge in [-0.1, -0.05) is 0 Å². The zero-order chi connectivity index (χ0) is 11.8. The maximum absolute atomic E-state index is 12.0. The smallest absolute Gasteiger partial charge is 0.237 e. The fraction of sp³-hybridized carbons (Fsp3) is 0.923. The lowest BCUT2D eigenvalue weighted by atomic mass is 10.1. The van der Waals surface area contributed by atoms with Crippen molar-refractivity contribution in [2.75, 3.05) is 13.1 Å². The molecule has 0 radical (unpaired) electrons. The predicted octanol–water partition coefficient (Wildman–Crippen LogP) is 1.32. The van der Waals surface area contributed by atoms with Crippen molar-refractivity contribution in [2.24, 2.45) is 0 Å². The highest BCUT2D eigenvalue weighted by atomic mass is 35.5. The van der Waals surface area contributed by atoms with Crippen LogP contribution in [0.15, 0.2) is 0 Å². The van der Waals surface area contributed by atoms with Crippen LogP contribution in [0.4, 0.5) is 0 Å². The first kappa shape index (κ1) is 17.0. The van der Waals surface area contributed by atoms with Crippen molar-refractivity contribution in [2.45, 2.75) is 63.2 Å². The topological polar surface area (TPSA) is 44.4 Å². The van der Waals surface area contributed by atoms with E-state index in [1.165, 1.54) is 12.8 Å². The molecule has 3 aliphatic rings. The molecular formula is C13H25Cl2N3O. The molecule has 0 aromatic carbocycles. The third kappa shape index (κ3) is 3.97. The van der Waals surface area contributed by atoms with Crippen molar-refractivity contribution in [3.63, 3.8) is 0 Å². The number of halogens is 2. The molecular weight excluding hydrogens is 285 g/mol. The maximum atomic E-state index is 12.0. The van der Waals surface area contributed by atoms with Crippen LogP contribution in [0.25, 0.3) is 0 Å². The van der Waals surface area contributed by atoms with E-state index in [0.717, 1.165) is 38.4 Å². The Kier molecular flexibility index (Phi) is 6.37. The molecule has 0 aromatic rings. The van der Waals surface area contributed by atoms with Gasteiger partial charge in [0.25, 0.3) is 0 Å². The molecule has 2 aliphatic heterocycles. The Morgan fingerprint density at radius 2 is 2.00 bits per heavy atom. The number of hydrogen-bond donors (Lipinski definition) is 2. The van der Waals surface area contributed by atoms with Crippen LogP contribution in [0, 0.1) is 0 Å². The summed E-state index contributed by atoms with van der Waals surface area (Å²) in [5.74, 6) is 0.220. The molecule has 6 heteroatoms. The van der Waals surface area contributed by atoms with Gasteiger partial charge in [0, 0.05) is 24.7 Å². The molecule has 3 atom stereocenters. The van der Waals surface area contributed by atoms with Crippen molar-refractivity contribution in [1.82, 2.24) is 15.5 Å². The zero-order valence-corrected chi connectivity index (χ0v) is 13.1. The highest BCUT2D eigenvalue weighted by Crippen LogP contribution is 2.33. The maximum Gasteiger partial charge on any atom is 0.237 e. The first-order valence-corrected chi connectivity index (χ1v) is 7.03. The minimum atomic E-state index is 0. The summed E-state index contributed by atoms with van der Waals surface area (Å²) in [6.07, 6.45) is 5.97. The van der Waals surface area contributed by atoms with E-state index >= 15 is 0 Å². The minimum Gasteiger partial charge on any atom is -0.351 e. The molecule has 3 fully saturated rings. The molecule has 2 N–H and O–H groups in total. The Morgan fingerprint density at radius 1 is 1.26 bits per heavy atom. The second kappa shape index (κ2) is 7.11. The van der Waals surface area contributed by atoms with Crippen LogP contribution in [-0.4, -0.2) is 48.1 Å². The van der Waals surface area contributed by atoms with E-state index in [4.69, 9.17) is 0 Å². The van der Waals surface area contributed by atoms with Crippen LogP contribution in [-0.2, 0) is 4.79 Å². The molecule has 2 unspecified atom stereocenters. The molecule has 1 aliphatic carbocycles. The molecule has 3 rings (SSSR count). The van der Waals surface area contributed by atoms with Crippen LogP contribution < -0.4 is 10.6 Å². The lowest BCUT2D eigenvalue weighted by molar-refractivity contribution is -0.123. The summed E-state index contributed by atoms with van der Waals surface area (Å²) in [5.41, 5.74) is 0. The third-order valence-corrected chi connectivity index (χ3v) is 4.36. The third-order valence-electron chi connectivity index (χ3n) is 4.36. The molecule has 1 saturated carbocycles. The first-order valence-electron chi connectivity index (χ1n) is 7.03. The number of hydrogen-bond acceptors (Lipinski definition) is 3. The van der Waals surface area contributed by atoms with Gasteiger partial charge < -0.3 is 10.6 Å². The van der Waals surface area contributed by atoms with E-state index in [1.54, 1.807) is 0 Å². The van der Waals surface area contributed by atoms with Gasteiger partial charge in [0.1, 0.15) is 0 Å². The Bertz CT molecular complexity index is 306. The second-order valence-corrected chi connectivity index (χ2v) is 5.87. The average Bonchev–Trinajstić information content (AvgIpc) is 2.86. The predicted molar refractivity (Wildman–Crippen MR) is 81.3 cm³/mol. The van der Waals surface area contributed by atoms with Gasteiger partial charge >= 0.3 is 0 Å². The van der Waals surface area contributed by atoms with Gasteiger partial charge in [-0.2, -0.15) is 0 Å². The second-order valence-electron chi connectivity index (χ2n) is 5.87. The SMILES string of the molecule is CC1CC(NC(=O)[C@@H]2CCCN2)CN1C1CC1.Cl.Cl. The van der Waals surface area contributed by atoms with Crippen LogP contribution in [0.1, 0.15) is 39.0 Å². The van der Waals surface area contributed by atoms with E-state index in [2.05, 4.69) is 22.5 Å². The Balaban J connectivity index is 0.000000902. The molecule has 0 aromatic heterocycles. The van der Waals surface area contributed by atoms with Crippen LogP contribution >= 0.6 is 24.8 Å². The number of nitrogens with one attached hydrogen (secondary N) is 2. The molecule has 1 amide bonds.